The molecule has 0 saturated carbocycles. The van der Waals surface area contributed by atoms with Gasteiger partial charge in [0.2, 0.25) is 11.7 Å². The first-order valence-electron chi connectivity index (χ1n) is 6.31. The van der Waals surface area contributed by atoms with Crippen molar-refractivity contribution < 1.29 is 19.0 Å². The van der Waals surface area contributed by atoms with Gasteiger partial charge in [-0.1, -0.05) is 6.92 Å². The van der Waals surface area contributed by atoms with E-state index in [0.717, 1.165) is 0 Å². The van der Waals surface area contributed by atoms with E-state index in [1.165, 1.54) is 21.3 Å². The number of hydrogen-bond acceptors (Lipinski definition) is 5. The number of methoxy groups -OCH3 is 3. The summed E-state index contributed by atoms with van der Waals surface area (Å²) in [6, 6.07) is 3.17. The summed E-state index contributed by atoms with van der Waals surface area (Å²) in [7, 11) is 4.55. The Hall–Kier alpha value is -1.95. The summed E-state index contributed by atoms with van der Waals surface area (Å²) in [6.45, 7) is 3.56. The van der Waals surface area contributed by atoms with E-state index in [0.29, 0.717) is 22.9 Å². The van der Waals surface area contributed by atoms with Crippen molar-refractivity contribution in [2.75, 3.05) is 26.6 Å². The molecule has 1 aromatic rings. The molecule has 0 aliphatic rings. The van der Waals surface area contributed by atoms with E-state index in [2.05, 4.69) is 5.32 Å². The largest absolute Gasteiger partial charge is 0.493 e. The molecule has 1 rings (SSSR count). The SMILES string of the molecule is COc1ccc(NC(=O)C(C)C(C)N)c(OC)c1OC. The molecule has 112 valence electrons. The molecule has 2 unspecified atom stereocenters. The third-order valence-electron chi connectivity index (χ3n) is 3.16. The van der Waals surface area contributed by atoms with Crippen molar-refractivity contribution in [2.24, 2.45) is 11.7 Å². The zero-order valence-corrected chi connectivity index (χ0v) is 12.5. The molecule has 6 heteroatoms. The van der Waals surface area contributed by atoms with Crippen molar-refractivity contribution >= 4 is 11.6 Å². The van der Waals surface area contributed by atoms with E-state index in [4.69, 9.17) is 19.9 Å². The number of hydrogen-bond donors (Lipinski definition) is 2. The van der Waals surface area contributed by atoms with Crippen molar-refractivity contribution in [3.63, 3.8) is 0 Å². The van der Waals surface area contributed by atoms with Crippen LogP contribution in [0.3, 0.4) is 0 Å². The zero-order chi connectivity index (χ0) is 15.3. The van der Waals surface area contributed by atoms with Gasteiger partial charge in [-0.25, -0.2) is 0 Å². The van der Waals surface area contributed by atoms with Crippen LogP contribution in [0.4, 0.5) is 5.69 Å². The number of carbonyl (C=O) groups excluding carboxylic acids is 1. The second kappa shape index (κ2) is 7.00. The predicted octanol–water partition coefficient (Wildman–Crippen LogP) is 1.63. The van der Waals surface area contributed by atoms with Crippen molar-refractivity contribution in [2.45, 2.75) is 19.9 Å². The topological polar surface area (TPSA) is 82.8 Å². The molecule has 1 aromatic carbocycles. The molecule has 0 fully saturated rings. The summed E-state index contributed by atoms with van der Waals surface area (Å²) >= 11 is 0. The lowest BCUT2D eigenvalue weighted by atomic mass is 10.0. The monoisotopic (exact) mass is 282 g/mol. The van der Waals surface area contributed by atoms with Crippen molar-refractivity contribution in [3.8, 4) is 17.2 Å². The van der Waals surface area contributed by atoms with Gasteiger partial charge in [-0.2, -0.15) is 0 Å². The average molecular weight is 282 g/mol. The minimum Gasteiger partial charge on any atom is -0.493 e. The first-order chi connectivity index (χ1) is 9.46. The molecule has 1 amide bonds. The van der Waals surface area contributed by atoms with Gasteiger partial charge >= 0.3 is 0 Å². The Labute approximate surface area is 119 Å². The van der Waals surface area contributed by atoms with Gasteiger partial charge in [0.25, 0.3) is 0 Å². The predicted molar refractivity (Wildman–Crippen MR) is 77.5 cm³/mol. The number of benzene rings is 1. The van der Waals surface area contributed by atoms with Crippen LogP contribution in [0.1, 0.15) is 13.8 Å². The molecule has 0 aliphatic carbocycles. The summed E-state index contributed by atoms with van der Waals surface area (Å²) in [5.41, 5.74) is 6.24. The van der Waals surface area contributed by atoms with Crippen LogP contribution in [0.25, 0.3) is 0 Å². The highest BCUT2D eigenvalue weighted by molar-refractivity contribution is 5.95. The normalized spacial score (nSPS) is 13.3. The van der Waals surface area contributed by atoms with E-state index in [1.807, 2.05) is 0 Å². The zero-order valence-electron chi connectivity index (χ0n) is 12.5. The maximum atomic E-state index is 12.1. The minimum atomic E-state index is -0.312. The number of nitrogens with one attached hydrogen (secondary N) is 1. The summed E-state index contributed by atoms with van der Waals surface area (Å²) in [5, 5.41) is 2.79. The van der Waals surface area contributed by atoms with Gasteiger partial charge in [-0.3, -0.25) is 4.79 Å². The molecule has 0 aromatic heterocycles. The molecule has 6 nitrogen and oxygen atoms in total. The van der Waals surface area contributed by atoms with Crippen LogP contribution in [0.15, 0.2) is 12.1 Å². The molecule has 0 aliphatic heterocycles. The number of amides is 1. The van der Waals surface area contributed by atoms with E-state index >= 15 is 0 Å². The molecule has 2 atom stereocenters. The van der Waals surface area contributed by atoms with E-state index < -0.39 is 0 Å². The fourth-order valence-corrected chi connectivity index (χ4v) is 1.69. The Kier molecular flexibility index (Phi) is 5.64. The van der Waals surface area contributed by atoms with Gasteiger partial charge in [-0.15, -0.1) is 0 Å². The summed E-state index contributed by atoms with van der Waals surface area (Å²) in [4.78, 5) is 12.1. The Bertz CT molecular complexity index is 474. The third kappa shape index (κ3) is 3.33. The van der Waals surface area contributed by atoms with Gasteiger partial charge in [0.1, 0.15) is 0 Å². The van der Waals surface area contributed by atoms with Gasteiger partial charge in [0.15, 0.2) is 11.5 Å². The molecule has 0 radical (unpaired) electrons. The quantitative estimate of drug-likeness (QED) is 0.828. The molecule has 0 saturated heterocycles. The number of anilines is 1. The lowest BCUT2D eigenvalue weighted by Crippen LogP contribution is -2.34. The standard InChI is InChI=1S/C14H22N2O4/c1-8(9(2)15)14(17)16-10-6-7-11(18-3)13(20-5)12(10)19-4/h6-9H,15H2,1-5H3,(H,16,17). The van der Waals surface area contributed by atoms with Gasteiger partial charge < -0.3 is 25.3 Å². The Morgan fingerprint density at radius 3 is 2.15 bits per heavy atom. The number of carbonyl (C=O) groups is 1. The molecule has 0 spiro atoms. The fourth-order valence-electron chi connectivity index (χ4n) is 1.69. The van der Waals surface area contributed by atoms with Crippen LogP contribution in [0.2, 0.25) is 0 Å². The third-order valence-corrected chi connectivity index (χ3v) is 3.16. The second-order valence-electron chi connectivity index (χ2n) is 4.52. The molecule has 20 heavy (non-hydrogen) atoms. The molecular formula is C14H22N2O4. The number of nitrogens with two attached hydrogens (primary N) is 1. The minimum absolute atomic E-state index is 0.175. The van der Waals surface area contributed by atoms with Crippen LogP contribution < -0.4 is 25.3 Å². The lowest BCUT2D eigenvalue weighted by Gasteiger charge is -2.19. The number of rotatable bonds is 6. The molecule has 0 heterocycles. The fraction of sp³-hybridized carbons (Fsp3) is 0.500. The Morgan fingerprint density at radius 2 is 1.70 bits per heavy atom. The van der Waals surface area contributed by atoms with Crippen LogP contribution >= 0.6 is 0 Å². The summed E-state index contributed by atoms with van der Waals surface area (Å²) in [5.74, 6) is 0.888. The van der Waals surface area contributed by atoms with Gasteiger partial charge in [-0.05, 0) is 19.1 Å². The average Bonchev–Trinajstić information content (AvgIpc) is 2.45. The van der Waals surface area contributed by atoms with Crippen LogP contribution in [-0.4, -0.2) is 33.3 Å². The lowest BCUT2D eigenvalue weighted by molar-refractivity contribution is -0.119. The Balaban J connectivity index is 3.10. The van der Waals surface area contributed by atoms with Gasteiger partial charge in [0.05, 0.1) is 32.9 Å². The highest BCUT2D eigenvalue weighted by atomic mass is 16.5. The smallest absolute Gasteiger partial charge is 0.228 e. The van der Waals surface area contributed by atoms with Gasteiger partial charge in [0, 0.05) is 6.04 Å². The molecular weight excluding hydrogens is 260 g/mol. The van der Waals surface area contributed by atoms with Crippen molar-refractivity contribution in [1.82, 2.24) is 0 Å². The maximum absolute atomic E-state index is 12.1. The summed E-state index contributed by atoms with van der Waals surface area (Å²) in [6.07, 6.45) is 0. The van der Waals surface area contributed by atoms with Crippen molar-refractivity contribution in [3.05, 3.63) is 12.1 Å². The maximum Gasteiger partial charge on any atom is 0.228 e. The van der Waals surface area contributed by atoms with E-state index in [1.54, 1.807) is 26.0 Å². The second-order valence-corrected chi connectivity index (χ2v) is 4.52. The van der Waals surface area contributed by atoms with Crippen LogP contribution in [-0.2, 0) is 4.79 Å². The van der Waals surface area contributed by atoms with E-state index in [9.17, 15) is 4.79 Å². The molecule has 3 N–H and O–H groups in total. The Morgan fingerprint density at radius 1 is 1.10 bits per heavy atom. The van der Waals surface area contributed by atoms with E-state index in [-0.39, 0.29) is 17.9 Å². The van der Waals surface area contributed by atoms with Crippen LogP contribution in [0, 0.1) is 5.92 Å². The van der Waals surface area contributed by atoms with Crippen molar-refractivity contribution in [1.29, 1.82) is 0 Å². The summed E-state index contributed by atoms with van der Waals surface area (Å²) < 4.78 is 15.7. The molecule has 0 bridgehead atoms. The number of ether oxygens (including phenoxy) is 3. The van der Waals surface area contributed by atoms with Crippen LogP contribution in [0.5, 0.6) is 17.2 Å². The first-order valence-corrected chi connectivity index (χ1v) is 6.31. The first kappa shape index (κ1) is 16.1. The highest BCUT2D eigenvalue weighted by Crippen LogP contribution is 2.42. The highest BCUT2D eigenvalue weighted by Gasteiger charge is 2.21.